The first-order valence-electron chi connectivity index (χ1n) is 1.97. The van der Waals surface area contributed by atoms with Crippen LogP contribution in [-0.2, 0) is 4.79 Å². The van der Waals surface area contributed by atoms with Crippen molar-refractivity contribution in [3.05, 3.63) is 0 Å². The van der Waals surface area contributed by atoms with Gasteiger partial charge in [0.25, 0.3) is 0 Å². The fraction of sp³-hybridized carbons (Fsp3) is 0.750. The Kier molecular flexibility index (Phi) is 8.89. The zero-order chi connectivity index (χ0) is 5.86. The molecule has 0 bridgehead atoms. The first-order chi connectivity index (χ1) is 3.13. The molecule has 0 unspecified atom stereocenters. The Labute approximate surface area is 79.1 Å². The van der Waals surface area contributed by atoms with Crippen LogP contribution in [0.2, 0.25) is 0 Å². The van der Waals surface area contributed by atoms with E-state index in [1.165, 1.54) is 0 Å². The number of halogens is 1. The normalized spacial score (nSPS) is 11.8. The van der Waals surface area contributed by atoms with Gasteiger partial charge in [-0.2, -0.15) is 0 Å². The molecule has 0 saturated carbocycles. The second-order valence-corrected chi connectivity index (χ2v) is 2.92. The van der Waals surface area contributed by atoms with E-state index in [2.05, 4.69) is 15.9 Å². The molecule has 8 heavy (non-hydrogen) atoms. The quantitative estimate of drug-likeness (QED) is 0.341. The third kappa shape index (κ3) is 10.0. The zero-order valence-electron chi connectivity index (χ0n) is 4.98. The Morgan fingerprint density at radius 2 is 2.25 bits per heavy atom. The first kappa shape index (κ1) is 11.7. The summed E-state index contributed by atoms with van der Waals surface area (Å²) in [6.07, 6.45) is 0.0833. The summed E-state index contributed by atoms with van der Waals surface area (Å²) in [6.45, 7) is 1.76. The zero-order valence-corrected chi connectivity index (χ0v) is 8.56. The van der Waals surface area contributed by atoms with Crippen LogP contribution in [0.3, 0.4) is 0 Å². The predicted molar refractivity (Wildman–Crippen MR) is 28.0 cm³/mol. The summed E-state index contributed by atoms with van der Waals surface area (Å²) in [5, 5.41) is 9.67. The van der Waals surface area contributed by atoms with Crippen LogP contribution in [0.1, 0.15) is 13.3 Å². The van der Waals surface area contributed by atoms with Crippen molar-refractivity contribution in [1.82, 2.24) is 0 Å². The molecule has 0 aliphatic rings. The summed E-state index contributed by atoms with van der Waals surface area (Å²) in [6, 6.07) is 0. The van der Waals surface area contributed by atoms with Gasteiger partial charge in [-0.3, -0.25) is 0 Å². The number of aliphatic carboxylic acids is 1. The number of carboxylic acid groups (broad SMARTS) is 1. The number of hydrogen-bond donors (Lipinski definition) is 0. The standard InChI is InChI=1S/C4H7BrO2.Na/c1-3(5)2-4(6)7;/h3H,2H2,1H3,(H,6,7);/q;+1/p-1/t3-;/m0./s1. The number of rotatable bonds is 2. The van der Waals surface area contributed by atoms with Gasteiger partial charge in [-0.15, -0.1) is 0 Å². The monoisotopic (exact) mass is 188 g/mol. The van der Waals surface area contributed by atoms with Crippen molar-refractivity contribution in [2.75, 3.05) is 0 Å². The smallest absolute Gasteiger partial charge is 0.550 e. The van der Waals surface area contributed by atoms with Crippen molar-refractivity contribution in [3.8, 4) is 0 Å². The molecule has 0 aliphatic carbocycles. The first-order valence-corrected chi connectivity index (χ1v) is 2.88. The Balaban J connectivity index is 0. The van der Waals surface area contributed by atoms with Crippen LogP contribution in [0.4, 0.5) is 0 Å². The van der Waals surface area contributed by atoms with Crippen LogP contribution >= 0.6 is 15.9 Å². The fourth-order valence-electron chi connectivity index (χ4n) is 0.230. The SMILES string of the molecule is C[C@H](Br)CC(=O)[O-].[Na+]. The van der Waals surface area contributed by atoms with E-state index in [1.54, 1.807) is 6.92 Å². The third-order valence-corrected chi connectivity index (χ3v) is 0.772. The van der Waals surface area contributed by atoms with Gasteiger partial charge >= 0.3 is 29.6 Å². The van der Waals surface area contributed by atoms with Crippen LogP contribution in [0.15, 0.2) is 0 Å². The van der Waals surface area contributed by atoms with E-state index in [0.29, 0.717) is 0 Å². The largest absolute Gasteiger partial charge is 1.00 e. The maximum Gasteiger partial charge on any atom is 1.00 e. The van der Waals surface area contributed by atoms with Gasteiger partial charge in [0, 0.05) is 10.8 Å². The molecule has 0 aromatic heterocycles. The van der Waals surface area contributed by atoms with Gasteiger partial charge in [0.05, 0.1) is 0 Å². The van der Waals surface area contributed by atoms with E-state index in [-0.39, 0.29) is 40.8 Å². The van der Waals surface area contributed by atoms with Gasteiger partial charge in [0.2, 0.25) is 0 Å². The van der Waals surface area contributed by atoms with E-state index >= 15 is 0 Å². The molecular weight excluding hydrogens is 183 g/mol. The molecule has 0 saturated heterocycles. The average Bonchev–Trinajstić information content (AvgIpc) is 1.27. The molecule has 0 amide bonds. The molecule has 0 aromatic carbocycles. The van der Waals surface area contributed by atoms with Gasteiger partial charge in [0.1, 0.15) is 0 Å². The Morgan fingerprint density at radius 1 is 1.88 bits per heavy atom. The third-order valence-electron chi connectivity index (χ3n) is 0.448. The maximum absolute atomic E-state index is 9.67. The molecule has 0 heterocycles. The van der Waals surface area contributed by atoms with Crippen molar-refractivity contribution in [1.29, 1.82) is 0 Å². The minimum absolute atomic E-state index is 0. The van der Waals surface area contributed by atoms with Crippen molar-refractivity contribution >= 4 is 21.9 Å². The molecule has 0 rings (SSSR count). The van der Waals surface area contributed by atoms with Crippen LogP contribution in [0.25, 0.3) is 0 Å². The fourth-order valence-corrected chi connectivity index (χ4v) is 0.494. The minimum Gasteiger partial charge on any atom is -0.550 e. The molecule has 42 valence electrons. The molecule has 0 N–H and O–H groups in total. The molecule has 0 radical (unpaired) electrons. The molecule has 4 heteroatoms. The van der Waals surface area contributed by atoms with Gasteiger partial charge in [0.15, 0.2) is 0 Å². The molecule has 0 aromatic rings. The molecular formula is C4H6BrNaO2. The molecule has 1 atom stereocenters. The number of carbonyl (C=O) groups is 1. The number of carbonyl (C=O) groups excluding carboxylic acids is 1. The van der Waals surface area contributed by atoms with Gasteiger partial charge in [-0.05, 0) is 6.42 Å². The van der Waals surface area contributed by atoms with Crippen molar-refractivity contribution < 1.29 is 39.5 Å². The molecule has 0 aliphatic heterocycles. The van der Waals surface area contributed by atoms with Crippen molar-refractivity contribution in [2.45, 2.75) is 18.2 Å². The summed E-state index contributed by atoms with van der Waals surface area (Å²) in [5.41, 5.74) is 0. The van der Waals surface area contributed by atoms with Crippen LogP contribution in [0.5, 0.6) is 0 Å². The van der Waals surface area contributed by atoms with Crippen LogP contribution < -0.4 is 34.7 Å². The van der Waals surface area contributed by atoms with Crippen molar-refractivity contribution in [3.63, 3.8) is 0 Å². The number of hydrogen-bond acceptors (Lipinski definition) is 2. The molecule has 0 fully saturated rings. The number of carboxylic acids is 1. The molecule has 2 nitrogen and oxygen atoms in total. The Hall–Kier alpha value is 0.950. The predicted octanol–water partition coefficient (Wildman–Crippen LogP) is -3.09. The van der Waals surface area contributed by atoms with Gasteiger partial charge in [-0.1, -0.05) is 22.9 Å². The topological polar surface area (TPSA) is 40.1 Å². The van der Waals surface area contributed by atoms with Crippen LogP contribution in [0, 0.1) is 0 Å². The minimum atomic E-state index is -1.01. The van der Waals surface area contributed by atoms with E-state index in [9.17, 15) is 9.90 Å². The van der Waals surface area contributed by atoms with Crippen molar-refractivity contribution in [2.24, 2.45) is 0 Å². The van der Waals surface area contributed by atoms with E-state index < -0.39 is 5.97 Å². The summed E-state index contributed by atoms with van der Waals surface area (Å²) in [5.74, 6) is -1.01. The average molecular weight is 189 g/mol. The summed E-state index contributed by atoms with van der Waals surface area (Å²) >= 11 is 3.05. The van der Waals surface area contributed by atoms with Crippen LogP contribution in [-0.4, -0.2) is 10.8 Å². The van der Waals surface area contributed by atoms with E-state index in [1.807, 2.05) is 0 Å². The summed E-state index contributed by atoms with van der Waals surface area (Å²) in [4.78, 5) is 9.69. The second-order valence-electron chi connectivity index (χ2n) is 1.36. The van der Waals surface area contributed by atoms with E-state index in [0.717, 1.165) is 0 Å². The summed E-state index contributed by atoms with van der Waals surface area (Å²) < 4.78 is 0. The maximum atomic E-state index is 9.67. The Bertz CT molecular complexity index is 74.4. The molecule has 0 spiro atoms. The van der Waals surface area contributed by atoms with E-state index in [4.69, 9.17) is 0 Å². The summed E-state index contributed by atoms with van der Waals surface area (Å²) in [7, 11) is 0. The number of alkyl halides is 1. The Morgan fingerprint density at radius 3 is 2.25 bits per heavy atom. The second kappa shape index (κ2) is 6.08. The van der Waals surface area contributed by atoms with Gasteiger partial charge in [-0.25, -0.2) is 0 Å². The van der Waals surface area contributed by atoms with Gasteiger partial charge < -0.3 is 9.90 Å².